The fraction of sp³-hybridized carbons (Fsp3) is 0.500. The highest BCUT2D eigenvalue weighted by Crippen LogP contribution is 2.37. The summed E-state index contributed by atoms with van der Waals surface area (Å²) >= 11 is 0. The first-order chi connectivity index (χ1) is 10.6. The van der Waals surface area contributed by atoms with Crippen LogP contribution in [0.4, 0.5) is 5.82 Å². The summed E-state index contributed by atoms with van der Waals surface area (Å²) in [6.07, 6.45) is 1.92. The van der Waals surface area contributed by atoms with Crippen LogP contribution in [0, 0.1) is 0 Å². The fourth-order valence-electron chi connectivity index (χ4n) is 3.03. The highest BCUT2D eigenvalue weighted by Gasteiger charge is 2.25. The molecule has 1 aliphatic heterocycles. The highest BCUT2D eigenvalue weighted by molar-refractivity contribution is 5.95. The zero-order chi connectivity index (χ0) is 15.7. The smallest absolute Gasteiger partial charge is 0.187 e. The summed E-state index contributed by atoms with van der Waals surface area (Å²) in [7, 11) is 3.25. The monoisotopic (exact) mass is 303 g/mol. The maximum absolute atomic E-state index is 5.80. The molecule has 2 heterocycles. The molecule has 0 bridgehead atoms. The number of morpholine rings is 1. The molecule has 0 amide bonds. The normalized spacial score (nSPS) is 21.9. The van der Waals surface area contributed by atoms with E-state index < -0.39 is 0 Å². The molecule has 6 nitrogen and oxygen atoms in total. The van der Waals surface area contributed by atoms with E-state index in [0.29, 0.717) is 11.5 Å². The van der Waals surface area contributed by atoms with Gasteiger partial charge in [0.05, 0.1) is 26.4 Å². The third kappa shape index (κ3) is 2.54. The summed E-state index contributed by atoms with van der Waals surface area (Å²) < 4.78 is 16.6. The van der Waals surface area contributed by atoms with Crippen molar-refractivity contribution < 1.29 is 14.2 Å². The zero-order valence-corrected chi connectivity index (χ0v) is 13.4. The van der Waals surface area contributed by atoms with E-state index in [4.69, 9.17) is 14.2 Å². The van der Waals surface area contributed by atoms with Crippen LogP contribution in [-0.2, 0) is 4.74 Å². The minimum Gasteiger partial charge on any atom is -0.493 e. The summed E-state index contributed by atoms with van der Waals surface area (Å²) in [5.74, 6) is 2.22. The molecule has 2 atom stereocenters. The number of nitrogens with zero attached hydrogens (tertiary/aromatic N) is 3. The minimum atomic E-state index is 0.175. The van der Waals surface area contributed by atoms with Crippen LogP contribution in [0.3, 0.4) is 0 Å². The second kappa shape index (κ2) is 5.96. The van der Waals surface area contributed by atoms with E-state index in [2.05, 4.69) is 28.7 Å². The second-order valence-corrected chi connectivity index (χ2v) is 5.56. The molecule has 0 spiro atoms. The summed E-state index contributed by atoms with van der Waals surface area (Å²) in [5, 5.41) is 0.960. The van der Waals surface area contributed by atoms with Crippen molar-refractivity contribution in [3.05, 3.63) is 18.5 Å². The van der Waals surface area contributed by atoms with Crippen LogP contribution in [0.5, 0.6) is 11.5 Å². The Morgan fingerprint density at radius 2 is 1.82 bits per heavy atom. The number of rotatable bonds is 3. The average molecular weight is 303 g/mol. The predicted molar refractivity (Wildman–Crippen MR) is 84.9 cm³/mol. The van der Waals surface area contributed by atoms with E-state index in [9.17, 15) is 0 Å². The number of aromatic nitrogens is 2. The van der Waals surface area contributed by atoms with E-state index in [1.807, 2.05) is 12.1 Å². The molecule has 1 aromatic carbocycles. The van der Waals surface area contributed by atoms with Crippen LogP contribution < -0.4 is 14.4 Å². The molecule has 3 rings (SSSR count). The molecular formula is C16H21N3O3. The van der Waals surface area contributed by atoms with E-state index in [1.165, 1.54) is 0 Å². The first-order valence-electron chi connectivity index (χ1n) is 7.40. The van der Waals surface area contributed by atoms with Gasteiger partial charge in [0.2, 0.25) is 0 Å². The molecule has 0 unspecified atom stereocenters. The Kier molecular flexibility index (Phi) is 4.02. The molecule has 0 radical (unpaired) electrons. The molecule has 2 aromatic rings. The van der Waals surface area contributed by atoms with Gasteiger partial charge in [-0.15, -0.1) is 0 Å². The van der Waals surface area contributed by atoms with Gasteiger partial charge in [-0.05, 0) is 26.0 Å². The van der Waals surface area contributed by atoms with E-state index in [1.54, 1.807) is 20.5 Å². The molecule has 118 valence electrons. The van der Waals surface area contributed by atoms with E-state index >= 15 is 0 Å². The summed E-state index contributed by atoms with van der Waals surface area (Å²) in [6, 6.07) is 3.87. The number of hydrogen-bond donors (Lipinski definition) is 0. The number of benzene rings is 1. The van der Waals surface area contributed by atoms with Gasteiger partial charge in [-0.2, -0.15) is 0 Å². The molecule has 0 N–H and O–H groups in total. The average Bonchev–Trinajstić information content (AvgIpc) is 2.52. The van der Waals surface area contributed by atoms with Gasteiger partial charge >= 0.3 is 0 Å². The Bertz CT molecular complexity index is 667. The standard InChI is InChI=1S/C16H21N3O3/c1-10-7-19(8-11(2)22-10)16-12-5-6-13(20-3)15(21-4)14(12)17-9-18-16/h5-6,9-11H,7-8H2,1-4H3/t10-,11-/m1/s1. The van der Waals surface area contributed by atoms with Crippen molar-refractivity contribution in [1.82, 2.24) is 9.97 Å². The van der Waals surface area contributed by atoms with Crippen molar-refractivity contribution in [1.29, 1.82) is 0 Å². The summed E-state index contributed by atoms with van der Waals surface area (Å²) in [4.78, 5) is 11.1. The lowest BCUT2D eigenvalue weighted by Crippen LogP contribution is -2.45. The van der Waals surface area contributed by atoms with Gasteiger partial charge in [-0.3, -0.25) is 0 Å². The van der Waals surface area contributed by atoms with Crippen LogP contribution >= 0.6 is 0 Å². The lowest BCUT2D eigenvalue weighted by Gasteiger charge is -2.36. The van der Waals surface area contributed by atoms with Crippen molar-refractivity contribution in [2.24, 2.45) is 0 Å². The molecule has 22 heavy (non-hydrogen) atoms. The Morgan fingerprint density at radius 1 is 1.09 bits per heavy atom. The molecule has 0 aliphatic carbocycles. The largest absolute Gasteiger partial charge is 0.493 e. The SMILES string of the molecule is COc1ccc2c(N3C[C@@H](C)O[C@H](C)C3)ncnc2c1OC. The maximum atomic E-state index is 5.80. The van der Waals surface area contributed by atoms with Crippen LogP contribution in [0.15, 0.2) is 18.5 Å². The van der Waals surface area contributed by atoms with Crippen molar-refractivity contribution >= 4 is 16.7 Å². The molecule has 1 aliphatic rings. The molecular weight excluding hydrogens is 282 g/mol. The number of anilines is 1. The van der Waals surface area contributed by atoms with Crippen LogP contribution in [-0.4, -0.2) is 49.5 Å². The first kappa shape index (κ1) is 14.8. The van der Waals surface area contributed by atoms with Gasteiger partial charge in [0.25, 0.3) is 0 Å². The van der Waals surface area contributed by atoms with Gasteiger partial charge in [-0.25, -0.2) is 9.97 Å². The van der Waals surface area contributed by atoms with E-state index in [-0.39, 0.29) is 12.2 Å². The van der Waals surface area contributed by atoms with E-state index in [0.717, 1.165) is 29.8 Å². The zero-order valence-electron chi connectivity index (χ0n) is 13.4. The lowest BCUT2D eigenvalue weighted by molar-refractivity contribution is -0.00537. The molecule has 1 fully saturated rings. The van der Waals surface area contributed by atoms with Crippen molar-refractivity contribution in [3.63, 3.8) is 0 Å². The summed E-state index contributed by atoms with van der Waals surface area (Å²) in [6.45, 7) is 5.78. The fourth-order valence-corrected chi connectivity index (χ4v) is 3.03. The number of fused-ring (bicyclic) bond motifs is 1. The first-order valence-corrected chi connectivity index (χ1v) is 7.40. The number of methoxy groups -OCH3 is 2. The number of hydrogen-bond acceptors (Lipinski definition) is 6. The quantitative estimate of drug-likeness (QED) is 0.867. The molecule has 6 heteroatoms. The Balaban J connectivity index is 2.11. The number of ether oxygens (including phenoxy) is 3. The Morgan fingerprint density at radius 3 is 2.45 bits per heavy atom. The van der Waals surface area contributed by atoms with Gasteiger partial charge in [-0.1, -0.05) is 0 Å². The Hall–Kier alpha value is -2.08. The van der Waals surface area contributed by atoms with Crippen LogP contribution in [0.25, 0.3) is 10.9 Å². The van der Waals surface area contributed by atoms with Crippen molar-refractivity contribution in [2.75, 3.05) is 32.2 Å². The third-order valence-corrected chi connectivity index (χ3v) is 3.85. The Labute approximate surface area is 130 Å². The lowest BCUT2D eigenvalue weighted by atomic mass is 10.1. The molecule has 0 saturated carbocycles. The van der Waals surface area contributed by atoms with Crippen molar-refractivity contribution in [3.8, 4) is 11.5 Å². The van der Waals surface area contributed by atoms with Crippen molar-refractivity contribution in [2.45, 2.75) is 26.1 Å². The van der Waals surface area contributed by atoms with Gasteiger partial charge in [0, 0.05) is 18.5 Å². The van der Waals surface area contributed by atoms with Crippen LogP contribution in [0.2, 0.25) is 0 Å². The van der Waals surface area contributed by atoms with Crippen LogP contribution in [0.1, 0.15) is 13.8 Å². The second-order valence-electron chi connectivity index (χ2n) is 5.56. The third-order valence-electron chi connectivity index (χ3n) is 3.85. The highest BCUT2D eigenvalue weighted by atomic mass is 16.5. The summed E-state index contributed by atoms with van der Waals surface area (Å²) in [5.41, 5.74) is 0.763. The van der Waals surface area contributed by atoms with Gasteiger partial charge in [0.15, 0.2) is 11.5 Å². The molecule has 1 saturated heterocycles. The molecule has 1 aromatic heterocycles. The predicted octanol–water partition coefficient (Wildman–Crippen LogP) is 2.26. The van der Waals surface area contributed by atoms with Gasteiger partial charge < -0.3 is 19.1 Å². The minimum absolute atomic E-state index is 0.175. The topological polar surface area (TPSA) is 56.7 Å². The maximum Gasteiger partial charge on any atom is 0.187 e. The van der Waals surface area contributed by atoms with Gasteiger partial charge in [0.1, 0.15) is 17.7 Å².